The van der Waals surface area contributed by atoms with E-state index in [1.54, 1.807) is 24.3 Å². The number of hydrogen-bond donors (Lipinski definition) is 3. The van der Waals surface area contributed by atoms with Crippen LogP contribution in [0.25, 0.3) is 16.2 Å². The van der Waals surface area contributed by atoms with Crippen LogP contribution in [0.4, 0.5) is 5.69 Å². The average Bonchev–Trinajstić information content (AvgIpc) is 3.03. The maximum absolute atomic E-state index is 12.7. The van der Waals surface area contributed by atoms with Crippen molar-refractivity contribution in [3.63, 3.8) is 0 Å². The molecule has 0 saturated heterocycles. The molecule has 4 N–H and O–H groups in total. The van der Waals surface area contributed by atoms with Gasteiger partial charge < -0.3 is 15.9 Å². The van der Waals surface area contributed by atoms with Gasteiger partial charge in [-0.25, -0.2) is 0 Å². The van der Waals surface area contributed by atoms with Crippen LogP contribution in [0.15, 0.2) is 54.0 Å². The first-order chi connectivity index (χ1) is 13.0. The number of nitrogens with one attached hydrogen (secondary N) is 1. The quantitative estimate of drug-likeness (QED) is 0.405. The number of nitrogens with two attached hydrogens (primary N) is 1. The molecular weight excluding hydrogens is 403 g/mol. The van der Waals surface area contributed by atoms with E-state index in [1.807, 2.05) is 29.6 Å². The van der Waals surface area contributed by atoms with Crippen molar-refractivity contribution in [1.82, 2.24) is 5.32 Å². The molecule has 0 saturated carbocycles. The number of nitrogen functional groups attached to an aromatic ring is 1. The number of hydrogen-bond acceptors (Lipinski definition) is 4. The van der Waals surface area contributed by atoms with Crippen LogP contribution in [0.2, 0.25) is 5.02 Å². The number of carbonyl (C=O) groups excluding carboxylic acids is 1. The minimum Gasteiger partial charge on any atom is -0.398 e. The van der Waals surface area contributed by atoms with Gasteiger partial charge in [-0.3, -0.25) is 9.36 Å². The van der Waals surface area contributed by atoms with Gasteiger partial charge in [0.2, 0.25) is 5.91 Å². The molecule has 8 heteroatoms. The molecule has 1 heterocycles. The topological polar surface area (TPSA) is 92.4 Å². The molecule has 2 atom stereocenters. The molecule has 0 radical (unpaired) electrons. The van der Waals surface area contributed by atoms with Crippen LogP contribution in [-0.2, 0) is 9.36 Å². The van der Waals surface area contributed by atoms with Crippen molar-refractivity contribution in [1.29, 1.82) is 0 Å². The first kappa shape index (κ1) is 19.6. The number of halogens is 1. The van der Waals surface area contributed by atoms with Crippen molar-refractivity contribution in [2.75, 3.05) is 11.9 Å². The lowest BCUT2D eigenvalue weighted by atomic mass is 9.99. The van der Waals surface area contributed by atoms with Crippen LogP contribution in [0.1, 0.15) is 17.0 Å². The van der Waals surface area contributed by atoms with Crippen molar-refractivity contribution < 1.29 is 14.3 Å². The van der Waals surface area contributed by atoms with E-state index in [4.69, 9.17) is 17.3 Å². The molecule has 0 bridgehead atoms. The molecular formula is C19H18ClN2O3PS. The molecule has 0 spiro atoms. The predicted molar refractivity (Wildman–Crippen MR) is 114 cm³/mol. The van der Waals surface area contributed by atoms with E-state index < -0.39 is 13.9 Å². The van der Waals surface area contributed by atoms with Gasteiger partial charge in [0.25, 0.3) is 0 Å². The van der Waals surface area contributed by atoms with Gasteiger partial charge in [-0.15, -0.1) is 11.3 Å². The molecule has 0 aliphatic rings. The maximum Gasteiger partial charge on any atom is 0.232 e. The first-order valence-corrected chi connectivity index (χ1v) is 11.0. The maximum atomic E-state index is 12.7. The highest BCUT2D eigenvalue weighted by atomic mass is 35.5. The second-order valence-electron chi connectivity index (χ2n) is 5.95. The molecule has 0 aliphatic heterocycles. The smallest absolute Gasteiger partial charge is 0.232 e. The Morgan fingerprint density at radius 1 is 1.33 bits per heavy atom. The number of anilines is 1. The van der Waals surface area contributed by atoms with Gasteiger partial charge in [0.1, 0.15) is 0 Å². The van der Waals surface area contributed by atoms with Crippen LogP contribution < -0.4 is 11.1 Å². The number of benzene rings is 2. The fourth-order valence-electron chi connectivity index (χ4n) is 2.79. The Kier molecular flexibility index (Phi) is 6.34. The van der Waals surface area contributed by atoms with E-state index in [0.717, 1.165) is 15.6 Å². The van der Waals surface area contributed by atoms with Gasteiger partial charge in [-0.1, -0.05) is 29.8 Å². The summed E-state index contributed by atoms with van der Waals surface area (Å²) >= 11 is 7.55. The Hall–Kier alpha value is -2.11. The summed E-state index contributed by atoms with van der Waals surface area (Å²) in [5.41, 5.74) is 7.95. The molecule has 2 aromatic carbocycles. The van der Waals surface area contributed by atoms with Gasteiger partial charge in [0.15, 0.2) is 8.03 Å². The highest BCUT2D eigenvalue weighted by Gasteiger charge is 2.25. The molecule has 27 heavy (non-hydrogen) atoms. The lowest BCUT2D eigenvalue weighted by Gasteiger charge is -2.14. The summed E-state index contributed by atoms with van der Waals surface area (Å²) in [5.74, 6) is -1.10. The zero-order valence-corrected chi connectivity index (χ0v) is 16.8. The van der Waals surface area contributed by atoms with Crippen molar-refractivity contribution >= 4 is 58.7 Å². The van der Waals surface area contributed by atoms with Gasteiger partial charge in [0.05, 0.1) is 5.92 Å². The number of para-hydroxylation sites is 1. The Balaban J connectivity index is 1.85. The summed E-state index contributed by atoms with van der Waals surface area (Å²) in [6.45, 7) is 0. The van der Waals surface area contributed by atoms with Crippen LogP contribution in [0, 0.1) is 0 Å². The minimum absolute atomic E-state index is 0.129. The number of thiophene rings is 1. The molecule has 0 aliphatic carbocycles. The molecule has 1 aromatic heterocycles. The van der Waals surface area contributed by atoms with Gasteiger partial charge in [-0.2, -0.15) is 0 Å². The third kappa shape index (κ3) is 4.79. The minimum atomic E-state index is -2.85. The Morgan fingerprint density at radius 2 is 2.11 bits per heavy atom. The predicted octanol–water partition coefficient (Wildman–Crippen LogP) is 4.47. The number of rotatable bonds is 6. The van der Waals surface area contributed by atoms with Crippen LogP contribution in [-0.4, -0.2) is 17.0 Å². The lowest BCUT2D eigenvalue weighted by Crippen LogP contribution is -2.26. The summed E-state index contributed by atoms with van der Waals surface area (Å²) in [6.07, 6.45) is 3.06. The standard InChI is InChI=1S/C19H18ClN2O3PS/c20-13-5-6-18-14(9-13)16(11-27-18)15(10-26(24)25)19(23)22-8-7-12-3-1-2-4-17(12)21/h1-9,11,15,26H,10,21H2,(H,22,23)(H,24,25)/b8-7+. The van der Waals surface area contributed by atoms with E-state index in [-0.39, 0.29) is 12.1 Å². The summed E-state index contributed by atoms with van der Waals surface area (Å²) in [5, 5.41) is 5.92. The van der Waals surface area contributed by atoms with Crippen LogP contribution >= 0.6 is 31.0 Å². The zero-order valence-electron chi connectivity index (χ0n) is 14.2. The Bertz CT molecular complexity index is 1030. The Labute approximate surface area is 166 Å². The fourth-order valence-corrected chi connectivity index (χ4v) is 4.71. The zero-order chi connectivity index (χ0) is 19.4. The molecule has 2 unspecified atom stereocenters. The second-order valence-corrected chi connectivity index (χ2v) is 8.50. The number of fused-ring (bicyclic) bond motifs is 1. The molecule has 3 rings (SSSR count). The Morgan fingerprint density at radius 3 is 2.85 bits per heavy atom. The largest absolute Gasteiger partial charge is 0.398 e. The van der Waals surface area contributed by atoms with Gasteiger partial charge in [-0.05, 0) is 52.2 Å². The van der Waals surface area contributed by atoms with Crippen molar-refractivity contribution in [2.24, 2.45) is 0 Å². The second kappa shape index (κ2) is 8.72. The summed E-state index contributed by atoms with van der Waals surface area (Å²) in [6, 6.07) is 12.7. The molecule has 1 amide bonds. The lowest BCUT2D eigenvalue weighted by molar-refractivity contribution is -0.121. The summed E-state index contributed by atoms with van der Waals surface area (Å²) in [4.78, 5) is 22.2. The third-order valence-corrected chi connectivity index (χ3v) is 6.09. The van der Waals surface area contributed by atoms with Gasteiger partial charge in [0, 0.05) is 27.8 Å². The van der Waals surface area contributed by atoms with Crippen molar-refractivity contribution in [3.8, 4) is 0 Å². The van der Waals surface area contributed by atoms with Crippen molar-refractivity contribution in [3.05, 3.63) is 70.2 Å². The van der Waals surface area contributed by atoms with E-state index in [9.17, 15) is 14.3 Å². The fraction of sp³-hybridized carbons (Fsp3) is 0.105. The van der Waals surface area contributed by atoms with E-state index in [0.29, 0.717) is 16.3 Å². The highest BCUT2D eigenvalue weighted by molar-refractivity contribution is 7.38. The highest BCUT2D eigenvalue weighted by Crippen LogP contribution is 2.36. The monoisotopic (exact) mass is 420 g/mol. The van der Waals surface area contributed by atoms with E-state index in [2.05, 4.69) is 5.32 Å². The normalized spacial score (nSPS) is 13.7. The average molecular weight is 421 g/mol. The van der Waals surface area contributed by atoms with Crippen molar-refractivity contribution in [2.45, 2.75) is 5.92 Å². The molecule has 3 aromatic rings. The third-order valence-electron chi connectivity index (χ3n) is 4.12. The number of amides is 1. The van der Waals surface area contributed by atoms with E-state index >= 15 is 0 Å². The van der Waals surface area contributed by atoms with Crippen LogP contribution in [0.3, 0.4) is 0 Å². The first-order valence-electron chi connectivity index (χ1n) is 8.15. The molecule has 140 valence electrons. The molecule has 5 nitrogen and oxygen atoms in total. The van der Waals surface area contributed by atoms with Gasteiger partial charge >= 0.3 is 0 Å². The summed E-state index contributed by atoms with van der Waals surface area (Å²) in [7, 11) is -2.85. The summed E-state index contributed by atoms with van der Waals surface area (Å²) < 4.78 is 12.5. The van der Waals surface area contributed by atoms with Crippen LogP contribution in [0.5, 0.6) is 0 Å². The SMILES string of the molecule is Nc1ccccc1/C=C/NC(=O)C(C[PH](=O)O)c1csc2ccc(Cl)cc12. The number of carbonyl (C=O) groups is 1. The van der Waals surface area contributed by atoms with E-state index in [1.165, 1.54) is 17.5 Å². The molecule has 0 fully saturated rings.